The number of hydrogen-bond acceptors (Lipinski definition) is 4. The van der Waals surface area contributed by atoms with Crippen molar-refractivity contribution in [2.75, 3.05) is 25.6 Å². The molecule has 1 aromatic carbocycles. The normalized spacial score (nSPS) is 11.4. The number of thioether (sulfide) groups is 1. The van der Waals surface area contributed by atoms with Crippen molar-refractivity contribution in [3.8, 4) is 0 Å². The predicted octanol–water partition coefficient (Wildman–Crippen LogP) is 2.54. The Kier molecular flexibility index (Phi) is 10.3. The van der Waals surface area contributed by atoms with Crippen LogP contribution in [0.25, 0.3) is 11.0 Å². The number of rotatable bonds is 7. The van der Waals surface area contributed by atoms with E-state index in [1.165, 1.54) is 0 Å². The van der Waals surface area contributed by atoms with Crippen LogP contribution >= 0.6 is 36.6 Å². The lowest BCUT2D eigenvalue weighted by Crippen LogP contribution is -2.35. The highest BCUT2D eigenvalue weighted by Gasteiger charge is 2.17. The molecule has 2 rings (SSSR count). The maximum absolute atomic E-state index is 11.8. The molecule has 0 bridgehead atoms. The molecule has 8 heteroatoms. The topological polar surface area (TPSA) is 69.8 Å². The summed E-state index contributed by atoms with van der Waals surface area (Å²) in [7, 11) is 1.76. The highest BCUT2D eigenvalue weighted by molar-refractivity contribution is 7.98. The minimum atomic E-state index is -0.0734. The fraction of sp³-hybridized carbons (Fsp3) is 0.429. The number of aromatic amines is 1. The third-order valence-electron chi connectivity index (χ3n) is 3.02. The third-order valence-corrected chi connectivity index (χ3v) is 3.66. The van der Waals surface area contributed by atoms with Gasteiger partial charge in [0.25, 0.3) is 0 Å². The molecule has 1 atom stereocenters. The lowest BCUT2D eigenvalue weighted by molar-refractivity contribution is -0.121. The van der Waals surface area contributed by atoms with Gasteiger partial charge in [-0.3, -0.25) is 4.79 Å². The average molecular weight is 365 g/mol. The number of nitrogens with one attached hydrogen (secondary N) is 3. The van der Waals surface area contributed by atoms with Crippen LogP contribution in [0.2, 0.25) is 0 Å². The summed E-state index contributed by atoms with van der Waals surface area (Å²) in [6.07, 6.45) is 2.92. The summed E-state index contributed by atoms with van der Waals surface area (Å²) in [5, 5.41) is 5.88. The van der Waals surface area contributed by atoms with Gasteiger partial charge in [-0.2, -0.15) is 11.8 Å². The van der Waals surface area contributed by atoms with E-state index in [-0.39, 0.29) is 36.8 Å². The molecule has 1 heterocycles. The first-order valence-corrected chi connectivity index (χ1v) is 8.01. The Morgan fingerprint density at radius 3 is 2.73 bits per heavy atom. The van der Waals surface area contributed by atoms with Crippen molar-refractivity contribution in [3.63, 3.8) is 0 Å². The number of amides is 1. The molecule has 0 aliphatic carbocycles. The minimum Gasteiger partial charge on any atom is -0.345 e. The summed E-state index contributed by atoms with van der Waals surface area (Å²) in [6.45, 7) is 0.315. The number of benzene rings is 1. The molecule has 1 aromatic heterocycles. The fourth-order valence-corrected chi connectivity index (χ4v) is 2.53. The van der Waals surface area contributed by atoms with Gasteiger partial charge in [0.2, 0.25) is 5.91 Å². The molecule has 0 spiro atoms. The van der Waals surface area contributed by atoms with Crippen LogP contribution < -0.4 is 10.6 Å². The molecular formula is C14H22Cl2N4OS. The van der Waals surface area contributed by atoms with Crippen molar-refractivity contribution in [3.05, 3.63) is 30.1 Å². The van der Waals surface area contributed by atoms with Crippen LogP contribution in [0.4, 0.5) is 0 Å². The minimum absolute atomic E-state index is 0. The average Bonchev–Trinajstić information content (AvgIpc) is 2.87. The number of hydrogen-bond donors (Lipinski definition) is 3. The van der Waals surface area contributed by atoms with Gasteiger partial charge in [-0.15, -0.1) is 24.8 Å². The molecule has 0 saturated heterocycles. The van der Waals surface area contributed by atoms with Crippen LogP contribution in [-0.4, -0.2) is 41.5 Å². The van der Waals surface area contributed by atoms with Gasteiger partial charge in [0.15, 0.2) is 0 Å². The van der Waals surface area contributed by atoms with E-state index in [0.717, 1.165) is 29.0 Å². The zero-order valence-corrected chi connectivity index (χ0v) is 15.0. The Bertz CT molecular complexity index is 546. The molecule has 0 radical (unpaired) electrons. The van der Waals surface area contributed by atoms with Crippen molar-refractivity contribution in [1.29, 1.82) is 0 Å². The lowest BCUT2D eigenvalue weighted by atomic mass is 10.2. The van der Waals surface area contributed by atoms with E-state index in [0.29, 0.717) is 6.54 Å². The first-order valence-electron chi connectivity index (χ1n) is 6.62. The van der Waals surface area contributed by atoms with E-state index in [1.807, 2.05) is 24.3 Å². The molecule has 0 aliphatic rings. The number of halogens is 2. The number of carbonyl (C=O) groups is 1. The third kappa shape index (κ3) is 5.68. The summed E-state index contributed by atoms with van der Waals surface area (Å²) in [6, 6.07) is 7.82. The maximum Gasteiger partial charge on any atom is 0.234 e. The van der Waals surface area contributed by atoms with Crippen LogP contribution in [0.3, 0.4) is 0 Å². The quantitative estimate of drug-likeness (QED) is 0.705. The van der Waals surface area contributed by atoms with E-state index in [1.54, 1.807) is 18.8 Å². The zero-order chi connectivity index (χ0) is 14.4. The van der Waals surface area contributed by atoms with E-state index in [4.69, 9.17) is 0 Å². The standard InChI is InChI=1S/C14H20N4OS.2ClH/c1-15-9-13(19)16-12(7-8-20-2)14-17-10-5-3-4-6-11(10)18-14;;/h3-6,12,15H,7-9H2,1-2H3,(H,16,19)(H,17,18);2*1H. The van der Waals surface area contributed by atoms with Crippen LogP contribution in [0, 0.1) is 0 Å². The van der Waals surface area contributed by atoms with Gasteiger partial charge in [-0.25, -0.2) is 4.98 Å². The van der Waals surface area contributed by atoms with Gasteiger partial charge in [0.05, 0.1) is 23.6 Å². The molecule has 22 heavy (non-hydrogen) atoms. The number of aromatic nitrogens is 2. The van der Waals surface area contributed by atoms with E-state index in [9.17, 15) is 4.79 Å². The van der Waals surface area contributed by atoms with Crippen molar-refractivity contribution in [1.82, 2.24) is 20.6 Å². The smallest absolute Gasteiger partial charge is 0.234 e. The number of H-pyrrole nitrogens is 1. The van der Waals surface area contributed by atoms with Crippen molar-refractivity contribution in [2.45, 2.75) is 12.5 Å². The van der Waals surface area contributed by atoms with Crippen molar-refractivity contribution in [2.24, 2.45) is 0 Å². The SMILES string of the molecule is CNCC(=O)NC(CCSC)c1nc2ccccc2[nH]1.Cl.Cl. The Hall–Kier alpha value is -0.950. The summed E-state index contributed by atoms with van der Waals surface area (Å²) >= 11 is 1.76. The van der Waals surface area contributed by atoms with Crippen LogP contribution in [-0.2, 0) is 4.79 Å². The fourth-order valence-electron chi connectivity index (χ4n) is 2.06. The summed E-state index contributed by atoms with van der Waals surface area (Å²) in [5.41, 5.74) is 1.93. The summed E-state index contributed by atoms with van der Waals surface area (Å²) in [5.74, 6) is 1.78. The Labute approximate surface area is 147 Å². The monoisotopic (exact) mass is 364 g/mol. The molecular weight excluding hydrogens is 343 g/mol. The lowest BCUT2D eigenvalue weighted by Gasteiger charge is -2.16. The van der Waals surface area contributed by atoms with E-state index < -0.39 is 0 Å². The molecule has 0 aliphatic heterocycles. The van der Waals surface area contributed by atoms with Gasteiger partial charge in [-0.1, -0.05) is 12.1 Å². The first kappa shape index (κ1) is 21.0. The second kappa shape index (κ2) is 10.7. The number of likely N-dealkylation sites (N-methyl/N-ethyl adjacent to an activating group) is 1. The maximum atomic E-state index is 11.8. The Balaban J connectivity index is 0.00000220. The van der Waals surface area contributed by atoms with Crippen LogP contribution in [0.15, 0.2) is 24.3 Å². The van der Waals surface area contributed by atoms with Crippen LogP contribution in [0.1, 0.15) is 18.3 Å². The number of carbonyl (C=O) groups excluding carboxylic acids is 1. The largest absolute Gasteiger partial charge is 0.345 e. The molecule has 5 nitrogen and oxygen atoms in total. The molecule has 0 fully saturated rings. The van der Waals surface area contributed by atoms with E-state index >= 15 is 0 Å². The summed E-state index contributed by atoms with van der Waals surface area (Å²) < 4.78 is 0. The molecule has 2 aromatic rings. The summed E-state index contributed by atoms with van der Waals surface area (Å²) in [4.78, 5) is 19.7. The predicted molar refractivity (Wildman–Crippen MR) is 98.4 cm³/mol. The molecule has 3 N–H and O–H groups in total. The van der Waals surface area contributed by atoms with Gasteiger partial charge in [-0.05, 0) is 37.6 Å². The zero-order valence-electron chi connectivity index (χ0n) is 12.6. The Morgan fingerprint density at radius 1 is 1.36 bits per heavy atom. The van der Waals surface area contributed by atoms with Gasteiger partial charge in [0, 0.05) is 0 Å². The molecule has 1 amide bonds. The highest BCUT2D eigenvalue weighted by atomic mass is 35.5. The number of fused-ring (bicyclic) bond motifs is 1. The number of para-hydroxylation sites is 2. The first-order chi connectivity index (χ1) is 9.74. The van der Waals surface area contributed by atoms with Gasteiger partial charge in [0.1, 0.15) is 5.82 Å². The van der Waals surface area contributed by atoms with Crippen molar-refractivity contribution < 1.29 is 4.79 Å². The second-order valence-corrected chi connectivity index (χ2v) is 5.56. The van der Waals surface area contributed by atoms with Gasteiger partial charge >= 0.3 is 0 Å². The number of imidazole rings is 1. The van der Waals surface area contributed by atoms with Crippen molar-refractivity contribution >= 4 is 53.5 Å². The highest BCUT2D eigenvalue weighted by Crippen LogP contribution is 2.19. The van der Waals surface area contributed by atoms with E-state index in [2.05, 4.69) is 26.9 Å². The molecule has 124 valence electrons. The second-order valence-electron chi connectivity index (χ2n) is 4.57. The molecule has 1 unspecified atom stereocenters. The molecule has 0 saturated carbocycles. The van der Waals surface area contributed by atoms with Gasteiger partial charge < -0.3 is 15.6 Å². The van der Waals surface area contributed by atoms with Crippen LogP contribution in [0.5, 0.6) is 0 Å². The Morgan fingerprint density at radius 2 is 2.09 bits per heavy atom. The number of nitrogens with zero attached hydrogens (tertiary/aromatic N) is 1.